The molecule has 1 aliphatic rings. The largest absolute Gasteiger partial charge is 0.408 e. The number of ether oxygens (including phenoxy) is 1. The van der Waals surface area contributed by atoms with Crippen molar-refractivity contribution in [2.24, 2.45) is 0 Å². The minimum absolute atomic E-state index is 0.336. The summed E-state index contributed by atoms with van der Waals surface area (Å²) < 4.78 is 38.5. The molecule has 1 aliphatic carbocycles. The first-order chi connectivity index (χ1) is 24.1. The van der Waals surface area contributed by atoms with E-state index in [4.69, 9.17) is 22.4 Å². The summed E-state index contributed by atoms with van der Waals surface area (Å²) in [6, 6.07) is 0. The van der Waals surface area contributed by atoms with Crippen LogP contribution >= 0.6 is 0 Å². The Morgan fingerprint density at radius 1 is 0.283 bits per heavy atom. The van der Waals surface area contributed by atoms with Crippen LogP contribution in [0, 0.1) is 0 Å². The summed E-state index contributed by atoms with van der Waals surface area (Å²) in [6.07, 6.45) is -3.66. The van der Waals surface area contributed by atoms with Gasteiger partial charge in [-0.25, -0.2) is 0 Å². The van der Waals surface area contributed by atoms with Gasteiger partial charge in [0.25, 0.3) is 0 Å². The SMILES string of the molecule is CO[C@H]1[C@@H](O[Si](C(C)C)(C(C)C)C(C)C)[C@H](O[Si](C(C)C)(C(C)C)C(C)C)[C@@H](O[Si](C(C)C)(C(C)C)C(C)C)[C@H](O)[C@H]1O[Si](C(C)C)(C(C)C)C(C)C. The van der Waals surface area contributed by atoms with E-state index in [0.717, 1.165) is 0 Å². The summed E-state index contributed by atoms with van der Waals surface area (Å²) in [5.74, 6) is 0. The quantitative estimate of drug-likeness (QED) is 0.116. The van der Waals surface area contributed by atoms with Crippen LogP contribution in [0.1, 0.15) is 166 Å². The van der Waals surface area contributed by atoms with Crippen LogP contribution in [-0.4, -0.2) is 82.1 Å². The first kappa shape index (κ1) is 51.6. The molecule has 0 aliphatic heterocycles. The van der Waals surface area contributed by atoms with Crippen LogP contribution in [0.2, 0.25) is 66.5 Å². The smallest absolute Gasteiger partial charge is 0.201 e. The van der Waals surface area contributed by atoms with Crippen molar-refractivity contribution < 1.29 is 27.5 Å². The molecular formula is C43H94O6Si4. The van der Waals surface area contributed by atoms with E-state index >= 15 is 0 Å². The van der Waals surface area contributed by atoms with Crippen LogP contribution in [0.25, 0.3) is 0 Å². The van der Waals surface area contributed by atoms with Crippen molar-refractivity contribution in [3.05, 3.63) is 0 Å². The van der Waals surface area contributed by atoms with E-state index in [1.807, 2.05) is 7.11 Å². The van der Waals surface area contributed by atoms with E-state index in [1.54, 1.807) is 0 Å². The Hall–Kier alpha value is 0.628. The fourth-order valence-corrected chi connectivity index (χ4v) is 34.8. The molecule has 0 unspecified atom stereocenters. The molecule has 1 N–H and O–H groups in total. The molecule has 1 rings (SSSR count). The summed E-state index contributed by atoms with van der Waals surface area (Å²) in [4.78, 5) is 0. The van der Waals surface area contributed by atoms with Gasteiger partial charge < -0.3 is 27.5 Å². The van der Waals surface area contributed by atoms with Crippen molar-refractivity contribution in [1.29, 1.82) is 0 Å². The molecule has 0 heterocycles. The summed E-state index contributed by atoms with van der Waals surface area (Å²) >= 11 is 0. The molecule has 6 atom stereocenters. The van der Waals surface area contributed by atoms with Crippen LogP contribution < -0.4 is 0 Å². The number of rotatable bonds is 21. The first-order valence-electron chi connectivity index (χ1n) is 22.0. The standard InChI is InChI=1S/C43H94O6Si4/c1-26(2)50(27(3)4,28(5)6)46-39-38(44)40(47-51(29(7)8,30(9)10)31(11)12)42(48-52(32(13)14,33(15)16)34(17)18)43(41(39)45-25)49-53(35(19)20,36(21)22)37(23)24/h26-44H,1-25H3/t38-,39-,40+,41-,42-,43-/m1/s1. The lowest BCUT2D eigenvalue weighted by molar-refractivity contribution is -0.216. The Morgan fingerprint density at radius 2 is 0.434 bits per heavy atom. The summed E-state index contributed by atoms with van der Waals surface area (Å²) in [5, 5.41) is 13.3. The molecule has 1 saturated carbocycles. The molecule has 6 nitrogen and oxygen atoms in total. The molecule has 0 saturated heterocycles. The van der Waals surface area contributed by atoms with Gasteiger partial charge in [-0.15, -0.1) is 0 Å². The maximum Gasteiger partial charge on any atom is 0.201 e. The lowest BCUT2D eigenvalue weighted by atomic mass is 9.85. The Labute approximate surface area is 335 Å². The van der Waals surface area contributed by atoms with Crippen LogP contribution in [0.3, 0.4) is 0 Å². The Balaban J connectivity index is 4.63. The topological polar surface area (TPSA) is 66.4 Å². The molecule has 1 fully saturated rings. The number of hydrogen-bond acceptors (Lipinski definition) is 6. The fraction of sp³-hybridized carbons (Fsp3) is 1.00. The molecule has 53 heavy (non-hydrogen) atoms. The van der Waals surface area contributed by atoms with E-state index in [9.17, 15) is 5.11 Å². The second kappa shape index (κ2) is 20.1. The molecule has 0 bridgehead atoms. The Morgan fingerprint density at radius 3 is 0.604 bits per heavy atom. The average Bonchev–Trinajstić information content (AvgIpc) is 2.99. The van der Waals surface area contributed by atoms with E-state index in [0.29, 0.717) is 66.5 Å². The number of aliphatic hydroxyl groups excluding tert-OH is 1. The molecule has 0 spiro atoms. The van der Waals surface area contributed by atoms with Crippen LogP contribution in [-0.2, 0) is 22.4 Å². The van der Waals surface area contributed by atoms with E-state index < -0.39 is 69.9 Å². The Kier molecular flexibility index (Phi) is 19.5. The third-order valence-electron chi connectivity index (χ3n) is 14.4. The second-order valence-electron chi connectivity index (χ2n) is 20.8. The van der Waals surface area contributed by atoms with Crippen molar-refractivity contribution in [3.63, 3.8) is 0 Å². The van der Waals surface area contributed by atoms with Gasteiger partial charge in [-0.05, 0) is 66.5 Å². The summed E-state index contributed by atoms with van der Waals surface area (Å²) in [6.45, 7) is 56.3. The van der Waals surface area contributed by atoms with Gasteiger partial charge >= 0.3 is 0 Å². The van der Waals surface area contributed by atoms with Gasteiger partial charge in [0.1, 0.15) is 36.6 Å². The van der Waals surface area contributed by atoms with Crippen LogP contribution in [0.4, 0.5) is 0 Å². The first-order valence-corrected chi connectivity index (χ1v) is 30.5. The van der Waals surface area contributed by atoms with Crippen molar-refractivity contribution in [2.45, 2.75) is 269 Å². The molecule has 0 aromatic rings. The lowest BCUT2D eigenvalue weighted by Gasteiger charge is -2.59. The van der Waals surface area contributed by atoms with Gasteiger partial charge in [0.15, 0.2) is 0 Å². The summed E-state index contributed by atoms with van der Waals surface area (Å²) in [5.41, 5.74) is 4.16. The van der Waals surface area contributed by atoms with Gasteiger partial charge in [-0.2, -0.15) is 0 Å². The number of methoxy groups -OCH3 is 1. The molecule has 318 valence electrons. The molecule has 0 radical (unpaired) electrons. The third kappa shape index (κ3) is 9.59. The van der Waals surface area contributed by atoms with Crippen molar-refractivity contribution in [2.75, 3.05) is 7.11 Å². The van der Waals surface area contributed by atoms with Crippen LogP contribution in [0.5, 0.6) is 0 Å². The van der Waals surface area contributed by atoms with E-state index in [2.05, 4.69) is 166 Å². The monoisotopic (exact) mass is 819 g/mol. The highest BCUT2D eigenvalue weighted by molar-refractivity contribution is 6.79. The van der Waals surface area contributed by atoms with E-state index in [1.165, 1.54) is 0 Å². The van der Waals surface area contributed by atoms with E-state index in [-0.39, 0.29) is 0 Å². The Bertz CT molecular complexity index is 986. The maximum atomic E-state index is 13.3. The minimum Gasteiger partial charge on any atom is -0.408 e. The zero-order valence-electron chi connectivity index (χ0n) is 39.9. The van der Waals surface area contributed by atoms with Gasteiger partial charge in [0, 0.05) is 7.11 Å². The highest BCUT2D eigenvalue weighted by atomic mass is 28.4. The normalized spacial score (nSPS) is 24.6. The third-order valence-corrected chi connectivity index (χ3v) is 38.8. The van der Waals surface area contributed by atoms with Crippen molar-refractivity contribution in [3.8, 4) is 0 Å². The lowest BCUT2D eigenvalue weighted by Crippen LogP contribution is -2.74. The number of hydrogen-bond donors (Lipinski definition) is 1. The van der Waals surface area contributed by atoms with Crippen molar-refractivity contribution >= 4 is 33.3 Å². The van der Waals surface area contributed by atoms with Gasteiger partial charge in [-0.3, -0.25) is 0 Å². The molecule has 0 aromatic carbocycles. The molecule has 0 amide bonds. The summed E-state index contributed by atoms with van der Waals surface area (Å²) in [7, 11) is -8.30. The second-order valence-corrected chi connectivity index (χ2v) is 42.4. The molecular weight excluding hydrogens is 725 g/mol. The molecule has 10 heteroatoms. The van der Waals surface area contributed by atoms with Gasteiger partial charge in [0.05, 0.1) is 0 Å². The van der Waals surface area contributed by atoms with Gasteiger partial charge in [-0.1, -0.05) is 166 Å². The maximum absolute atomic E-state index is 13.3. The van der Waals surface area contributed by atoms with Gasteiger partial charge in [0.2, 0.25) is 33.3 Å². The molecule has 0 aromatic heterocycles. The fourth-order valence-electron chi connectivity index (χ4n) is 12.5. The van der Waals surface area contributed by atoms with Crippen molar-refractivity contribution in [1.82, 2.24) is 0 Å². The van der Waals surface area contributed by atoms with Crippen LogP contribution in [0.15, 0.2) is 0 Å². The highest BCUT2D eigenvalue weighted by Crippen LogP contribution is 2.53. The zero-order chi connectivity index (χ0) is 41.9. The highest BCUT2D eigenvalue weighted by Gasteiger charge is 2.63. The zero-order valence-corrected chi connectivity index (χ0v) is 43.9. The number of aliphatic hydroxyl groups is 1. The minimum atomic E-state index is -2.55. The average molecular weight is 820 g/mol. The predicted octanol–water partition coefficient (Wildman–Crippen LogP) is 13.6. The predicted molar refractivity (Wildman–Crippen MR) is 240 cm³/mol.